The van der Waals surface area contributed by atoms with Crippen molar-refractivity contribution >= 4 is 59.5 Å². The number of carbonyl (C=O) groups excluding carboxylic acids is 5. The van der Waals surface area contributed by atoms with Crippen LogP contribution in [0.1, 0.15) is 56.9 Å². The maximum atomic E-state index is 14.0. The molecular weight excluding hydrogens is 855 g/mol. The van der Waals surface area contributed by atoms with Gasteiger partial charge in [-0.2, -0.15) is 11.8 Å². The first kappa shape index (κ1) is 51.8. The van der Waals surface area contributed by atoms with E-state index in [0.717, 1.165) is 25.0 Å². The second kappa shape index (κ2) is 27.5. The molecule has 0 aliphatic carbocycles. The highest BCUT2D eigenvalue weighted by molar-refractivity contribution is 8.00. The van der Waals surface area contributed by atoms with E-state index in [9.17, 15) is 53.7 Å². The zero-order valence-electron chi connectivity index (χ0n) is 36.3. The first-order chi connectivity index (χ1) is 30.7. The molecule has 3 fully saturated rings. The van der Waals surface area contributed by atoms with Gasteiger partial charge in [-0.25, -0.2) is 9.59 Å². The fraction of sp³-hybridized carbons (Fsp3) is 0.667. The number of fused-ring (bicyclic) bond motifs is 1. The molecule has 0 aromatic heterocycles. The first-order valence-electron chi connectivity index (χ1n) is 22.0. The number of carboxylic acid groups (broad SMARTS) is 3. The van der Waals surface area contributed by atoms with Gasteiger partial charge in [-0.1, -0.05) is 43.2 Å². The number of rotatable bonds is 24. The largest absolute Gasteiger partial charge is 0.480 e. The predicted molar refractivity (Wildman–Crippen MR) is 235 cm³/mol. The predicted octanol–water partition coefficient (Wildman–Crippen LogP) is -1.01. The molecule has 3 heterocycles. The van der Waals surface area contributed by atoms with Crippen LogP contribution in [-0.2, 0) is 44.7 Å². The molecule has 3 aliphatic heterocycles. The normalized spacial score (nSPS) is 21.2. The molecule has 0 bridgehead atoms. The molecule has 9 N–H and O–H groups in total. The van der Waals surface area contributed by atoms with Gasteiger partial charge in [-0.15, -0.1) is 0 Å². The Balaban J connectivity index is 1.38. The zero-order chi connectivity index (χ0) is 46.4. The molecule has 64 heavy (non-hydrogen) atoms. The molecule has 21 nitrogen and oxygen atoms in total. The summed E-state index contributed by atoms with van der Waals surface area (Å²) in [6.07, 6.45) is 4.12. The van der Waals surface area contributed by atoms with Gasteiger partial charge in [0.15, 0.2) is 0 Å². The molecule has 0 radical (unpaired) electrons. The van der Waals surface area contributed by atoms with Gasteiger partial charge in [-0.05, 0) is 44.2 Å². The molecule has 3 saturated heterocycles. The van der Waals surface area contributed by atoms with Crippen LogP contribution in [0.3, 0.4) is 0 Å². The van der Waals surface area contributed by atoms with Crippen molar-refractivity contribution in [3.63, 3.8) is 0 Å². The third-order valence-electron chi connectivity index (χ3n) is 11.4. The summed E-state index contributed by atoms with van der Waals surface area (Å²) in [7, 11) is 0. The molecule has 356 valence electrons. The van der Waals surface area contributed by atoms with Gasteiger partial charge in [-0.3, -0.25) is 48.4 Å². The summed E-state index contributed by atoms with van der Waals surface area (Å²) in [4.78, 5) is 107. The summed E-state index contributed by atoms with van der Waals surface area (Å²) in [5.41, 5.74) is 6.44. The van der Waals surface area contributed by atoms with Crippen LogP contribution in [0.5, 0.6) is 0 Å². The third-order valence-corrected chi connectivity index (χ3v) is 12.9. The molecule has 22 heteroatoms. The molecule has 5 unspecified atom stereocenters. The lowest BCUT2D eigenvalue weighted by Crippen LogP contribution is -2.54. The Morgan fingerprint density at radius 1 is 0.719 bits per heavy atom. The number of nitrogens with zero attached hydrogens (tertiary/aromatic N) is 4. The van der Waals surface area contributed by atoms with Crippen LogP contribution < -0.4 is 27.0 Å². The van der Waals surface area contributed by atoms with Crippen molar-refractivity contribution in [2.45, 2.75) is 87.2 Å². The fourth-order valence-corrected chi connectivity index (χ4v) is 9.52. The molecular formula is C42H65N9O12S. The first-order valence-corrected chi connectivity index (χ1v) is 23.1. The van der Waals surface area contributed by atoms with Gasteiger partial charge < -0.3 is 47.1 Å². The third kappa shape index (κ3) is 19.1. The lowest BCUT2D eigenvalue weighted by atomic mass is 10.0. The second-order valence-corrected chi connectivity index (χ2v) is 17.7. The molecule has 0 saturated carbocycles. The Labute approximate surface area is 377 Å². The van der Waals surface area contributed by atoms with Gasteiger partial charge in [0, 0.05) is 76.2 Å². The van der Waals surface area contributed by atoms with Crippen LogP contribution in [0, 0.1) is 0 Å². The van der Waals surface area contributed by atoms with E-state index in [4.69, 9.17) is 10.5 Å². The molecule has 5 atom stereocenters. The van der Waals surface area contributed by atoms with Crippen molar-refractivity contribution < 1.29 is 58.4 Å². The van der Waals surface area contributed by atoms with Crippen LogP contribution in [0.4, 0.5) is 4.79 Å². The van der Waals surface area contributed by atoms with Gasteiger partial charge in [0.25, 0.3) is 0 Å². The van der Waals surface area contributed by atoms with Crippen molar-refractivity contribution in [3.05, 3.63) is 35.9 Å². The molecule has 3 aliphatic rings. The molecule has 0 spiro atoms. The lowest BCUT2D eigenvalue weighted by Gasteiger charge is -2.33. The van der Waals surface area contributed by atoms with Crippen molar-refractivity contribution in [1.29, 1.82) is 0 Å². The van der Waals surface area contributed by atoms with Crippen molar-refractivity contribution in [2.24, 2.45) is 5.73 Å². The number of hydrogen-bond donors (Lipinski definition) is 8. The number of urea groups is 1. The van der Waals surface area contributed by atoms with E-state index in [1.807, 2.05) is 11.8 Å². The minimum Gasteiger partial charge on any atom is -0.480 e. The Bertz CT molecular complexity index is 1700. The highest BCUT2D eigenvalue weighted by Gasteiger charge is 2.42. The standard InChI is InChI=1S/C42H65N9O12S/c43-14-8-7-11-30(44-34(52)24-48-15-17-49(25-35(53)54)19-21-51(27-37(57)58)22-20-50(18-16-48)26-36(55)56)40(60)45-31(23-29-9-3-1-4-10-29)41(61)63-38(59)13-6-2-5-12-33-39-32(28-64-33)46-42(62)47-39/h1,3-4,9-10,30-33,39H,2,5-8,11-28,43H2,(H,44,52)(H,45,60)(H,53,54)(H,55,56)(H,57,58)(H2,46,47,62). The van der Waals surface area contributed by atoms with E-state index in [1.165, 1.54) is 0 Å². The molecule has 1 aromatic rings. The summed E-state index contributed by atoms with van der Waals surface area (Å²) in [6.45, 7) is 0.798. The Hall–Kier alpha value is -4.87. The van der Waals surface area contributed by atoms with E-state index in [2.05, 4.69) is 21.3 Å². The summed E-state index contributed by atoms with van der Waals surface area (Å²) >= 11 is 1.82. The molecule has 4 rings (SSSR count). The van der Waals surface area contributed by atoms with Gasteiger partial charge in [0.2, 0.25) is 11.8 Å². The van der Waals surface area contributed by atoms with Crippen LogP contribution in [0.15, 0.2) is 30.3 Å². The summed E-state index contributed by atoms with van der Waals surface area (Å²) in [5, 5.41) is 40.3. The van der Waals surface area contributed by atoms with Gasteiger partial charge in [0.1, 0.15) is 12.1 Å². The number of esters is 2. The number of unbranched alkanes of at least 4 members (excludes halogenated alkanes) is 3. The van der Waals surface area contributed by atoms with Crippen molar-refractivity contribution in [2.75, 3.05) is 90.8 Å². The SMILES string of the molecule is NCCCCC(NC(=O)CN1CCN(CC(=O)O)CCN(CC(=O)O)CCN(CC(=O)O)CC1)C(=O)NC(Cc1ccccc1)C(=O)OC(=O)CCCCCC1SCC2NC(=O)NC21. The van der Waals surface area contributed by atoms with E-state index in [1.54, 1.807) is 49.9 Å². The smallest absolute Gasteiger partial charge is 0.336 e. The van der Waals surface area contributed by atoms with E-state index < -0.39 is 53.7 Å². The van der Waals surface area contributed by atoms with E-state index in [0.29, 0.717) is 36.6 Å². The number of hydrogen-bond acceptors (Lipinski definition) is 15. The topological polar surface area (TPSA) is 294 Å². The van der Waals surface area contributed by atoms with E-state index in [-0.39, 0.29) is 116 Å². The van der Waals surface area contributed by atoms with Gasteiger partial charge in [0.05, 0.1) is 38.3 Å². The quantitative estimate of drug-likeness (QED) is 0.0267. The minimum absolute atomic E-state index is 0.000524. The maximum Gasteiger partial charge on any atom is 0.336 e. The number of ether oxygens (including phenoxy) is 1. The number of carbonyl (C=O) groups is 8. The Kier molecular flexibility index (Phi) is 22.2. The Morgan fingerprint density at radius 2 is 1.28 bits per heavy atom. The number of amides is 4. The number of thioether (sulfide) groups is 1. The second-order valence-electron chi connectivity index (χ2n) is 16.5. The van der Waals surface area contributed by atoms with Crippen LogP contribution in [-0.4, -0.2) is 203 Å². The summed E-state index contributed by atoms with van der Waals surface area (Å²) < 4.78 is 5.27. The summed E-state index contributed by atoms with van der Waals surface area (Å²) in [5.74, 6) is -5.25. The van der Waals surface area contributed by atoms with Crippen molar-refractivity contribution in [3.8, 4) is 0 Å². The number of nitrogens with one attached hydrogen (secondary N) is 4. The Morgan fingerprint density at radius 3 is 1.83 bits per heavy atom. The highest BCUT2D eigenvalue weighted by Crippen LogP contribution is 2.33. The van der Waals surface area contributed by atoms with E-state index >= 15 is 0 Å². The molecule has 1 aromatic carbocycles. The fourth-order valence-electron chi connectivity index (χ4n) is 7.97. The zero-order valence-corrected chi connectivity index (χ0v) is 37.1. The van der Waals surface area contributed by atoms with Crippen molar-refractivity contribution in [1.82, 2.24) is 40.9 Å². The highest BCUT2D eigenvalue weighted by atomic mass is 32.2. The lowest BCUT2D eigenvalue weighted by molar-refractivity contribution is -0.162. The summed E-state index contributed by atoms with van der Waals surface area (Å²) in [6, 6.07) is 6.59. The minimum atomic E-state index is -1.27. The maximum absolute atomic E-state index is 14.0. The average molecular weight is 920 g/mol. The van der Waals surface area contributed by atoms with Crippen LogP contribution >= 0.6 is 11.8 Å². The van der Waals surface area contributed by atoms with Crippen LogP contribution in [0.25, 0.3) is 0 Å². The number of carboxylic acids is 3. The molecule has 4 amide bonds. The average Bonchev–Trinajstić information content (AvgIpc) is 3.79. The van der Waals surface area contributed by atoms with Crippen LogP contribution in [0.2, 0.25) is 0 Å². The van der Waals surface area contributed by atoms with Gasteiger partial charge >= 0.3 is 35.9 Å². The number of nitrogens with two attached hydrogens (primary N) is 1. The monoisotopic (exact) mass is 919 g/mol. The number of aliphatic carboxylic acids is 3. The number of benzene rings is 1.